The zero-order chi connectivity index (χ0) is 14.5. The summed E-state index contributed by atoms with van der Waals surface area (Å²) >= 11 is 0. The fourth-order valence-electron chi connectivity index (χ4n) is 1.34. The molecule has 0 fully saturated rings. The molecule has 0 heterocycles. The number of carboxylic acid groups (broad SMARTS) is 1. The Morgan fingerprint density at radius 1 is 1.42 bits per heavy atom. The molecule has 0 aliphatic heterocycles. The number of rotatable bonds is 5. The number of aliphatic carboxylic acids is 1. The number of carbonyl (C=O) groups is 2. The van der Waals surface area contributed by atoms with Crippen LogP contribution in [0.3, 0.4) is 0 Å². The normalized spacial score (nSPS) is 14.1. The summed E-state index contributed by atoms with van der Waals surface area (Å²) < 4.78 is 0. The van der Waals surface area contributed by atoms with Gasteiger partial charge in [-0.3, -0.25) is 4.79 Å². The Bertz CT molecular complexity index is 506. The van der Waals surface area contributed by atoms with Crippen molar-refractivity contribution in [3.8, 4) is 0 Å². The molecule has 1 aromatic rings. The van der Waals surface area contributed by atoms with Gasteiger partial charge >= 0.3 is 5.97 Å². The van der Waals surface area contributed by atoms with Gasteiger partial charge in [-0.15, -0.1) is 0 Å². The minimum Gasteiger partial charge on any atom is -0.479 e. The Labute approximate surface area is 111 Å². The molecular weight excluding hydrogens is 246 g/mol. The Hall–Kier alpha value is -2.14. The van der Waals surface area contributed by atoms with Gasteiger partial charge in [0.25, 0.3) is 0 Å². The molecule has 5 nitrogen and oxygen atoms in total. The van der Waals surface area contributed by atoms with Crippen LogP contribution in [0.5, 0.6) is 0 Å². The molecule has 0 saturated heterocycles. The second-order valence-corrected chi connectivity index (χ2v) is 4.54. The van der Waals surface area contributed by atoms with Crippen LogP contribution in [-0.4, -0.2) is 34.2 Å². The third-order valence-corrected chi connectivity index (χ3v) is 2.54. The van der Waals surface area contributed by atoms with Crippen molar-refractivity contribution in [2.45, 2.75) is 19.4 Å². The van der Waals surface area contributed by atoms with Crippen molar-refractivity contribution in [3.05, 3.63) is 41.5 Å². The zero-order valence-corrected chi connectivity index (χ0v) is 10.9. The van der Waals surface area contributed by atoms with Crippen molar-refractivity contribution in [3.63, 3.8) is 0 Å². The van der Waals surface area contributed by atoms with Crippen LogP contribution in [0.4, 0.5) is 0 Å². The number of hydrogen-bond acceptors (Lipinski definition) is 3. The van der Waals surface area contributed by atoms with Crippen molar-refractivity contribution < 1.29 is 19.8 Å². The molecule has 5 heteroatoms. The molecule has 1 rings (SSSR count). The molecule has 1 amide bonds. The first kappa shape index (κ1) is 14.9. The number of benzene rings is 1. The topological polar surface area (TPSA) is 86.6 Å². The molecule has 0 aliphatic rings. The van der Waals surface area contributed by atoms with E-state index in [1.807, 2.05) is 31.2 Å². The number of hydrogen-bond donors (Lipinski definition) is 3. The molecule has 0 bridgehead atoms. The molecule has 19 heavy (non-hydrogen) atoms. The lowest BCUT2D eigenvalue weighted by atomic mass is 10.1. The number of carboxylic acids is 1. The van der Waals surface area contributed by atoms with E-state index in [1.165, 1.54) is 6.08 Å². The highest BCUT2D eigenvalue weighted by atomic mass is 16.4. The molecule has 0 saturated carbocycles. The van der Waals surface area contributed by atoms with E-state index >= 15 is 0 Å². The third-order valence-electron chi connectivity index (χ3n) is 2.54. The van der Waals surface area contributed by atoms with Crippen LogP contribution in [0.2, 0.25) is 0 Å². The van der Waals surface area contributed by atoms with Crippen LogP contribution < -0.4 is 5.32 Å². The molecule has 1 aromatic carbocycles. The van der Waals surface area contributed by atoms with Crippen molar-refractivity contribution >= 4 is 18.0 Å². The van der Waals surface area contributed by atoms with E-state index in [4.69, 9.17) is 5.11 Å². The fraction of sp³-hybridized carbons (Fsp3) is 0.286. The Kier molecular flexibility index (Phi) is 4.83. The quantitative estimate of drug-likeness (QED) is 0.691. The Morgan fingerprint density at radius 3 is 2.68 bits per heavy atom. The Morgan fingerprint density at radius 2 is 2.11 bits per heavy atom. The maximum absolute atomic E-state index is 11.5. The lowest BCUT2D eigenvalue weighted by Gasteiger charge is -2.17. The minimum atomic E-state index is -1.97. The summed E-state index contributed by atoms with van der Waals surface area (Å²) in [5.74, 6) is -1.83. The van der Waals surface area contributed by atoms with E-state index < -0.39 is 17.5 Å². The molecule has 1 atom stereocenters. The van der Waals surface area contributed by atoms with Crippen molar-refractivity contribution in [1.29, 1.82) is 0 Å². The van der Waals surface area contributed by atoms with Crippen LogP contribution >= 0.6 is 0 Å². The van der Waals surface area contributed by atoms with E-state index in [0.717, 1.165) is 18.1 Å². The largest absolute Gasteiger partial charge is 0.479 e. The summed E-state index contributed by atoms with van der Waals surface area (Å²) in [6.45, 7) is 2.72. The zero-order valence-electron chi connectivity index (χ0n) is 10.9. The first-order valence-electron chi connectivity index (χ1n) is 5.79. The fourth-order valence-corrected chi connectivity index (χ4v) is 1.34. The summed E-state index contributed by atoms with van der Waals surface area (Å²) in [6, 6.07) is 7.59. The highest BCUT2D eigenvalue weighted by Gasteiger charge is 2.29. The number of aliphatic hydroxyl groups is 1. The van der Waals surface area contributed by atoms with Crippen LogP contribution in [0.25, 0.3) is 6.08 Å². The van der Waals surface area contributed by atoms with Crippen molar-refractivity contribution in [2.75, 3.05) is 6.54 Å². The molecule has 0 radical (unpaired) electrons. The van der Waals surface area contributed by atoms with E-state index in [0.29, 0.717) is 0 Å². The third kappa shape index (κ3) is 4.93. The monoisotopic (exact) mass is 263 g/mol. The maximum atomic E-state index is 11.5. The predicted octanol–water partition coefficient (Wildman–Crippen LogP) is 0.960. The molecule has 3 N–H and O–H groups in total. The lowest BCUT2D eigenvalue weighted by Crippen LogP contribution is -2.46. The SMILES string of the molecule is Cc1cccc(C=CC(=O)NCC(C)(O)C(=O)O)c1. The standard InChI is InChI=1S/C14H17NO4/c1-10-4-3-5-11(8-10)6-7-12(16)15-9-14(2,19)13(17)18/h3-8,19H,9H2,1-2H3,(H,15,16)(H,17,18). The highest BCUT2D eigenvalue weighted by Crippen LogP contribution is 2.05. The summed E-state index contributed by atoms with van der Waals surface area (Å²) in [5, 5.41) is 20.4. The van der Waals surface area contributed by atoms with E-state index in [1.54, 1.807) is 6.08 Å². The number of nitrogens with one attached hydrogen (secondary N) is 1. The first-order valence-corrected chi connectivity index (χ1v) is 5.79. The van der Waals surface area contributed by atoms with Crippen LogP contribution in [0.15, 0.2) is 30.3 Å². The van der Waals surface area contributed by atoms with Crippen LogP contribution in [0, 0.1) is 6.92 Å². The molecule has 0 aliphatic carbocycles. The van der Waals surface area contributed by atoms with Crippen LogP contribution in [0.1, 0.15) is 18.1 Å². The first-order chi connectivity index (χ1) is 8.81. The van der Waals surface area contributed by atoms with E-state index in [9.17, 15) is 14.7 Å². The number of aryl methyl sites for hydroxylation is 1. The van der Waals surface area contributed by atoms with Gasteiger partial charge in [-0.1, -0.05) is 29.8 Å². The molecular formula is C14H17NO4. The second kappa shape index (κ2) is 6.15. The van der Waals surface area contributed by atoms with Gasteiger partial charge in [0, 0.05) is 6.08 Å². The summed E-state index contributed by atoms with van der Waals surface area (Å²) in [6.07, 6.45) is 2.92. The smallest absolute Gasteiger partial charge is 0.337 e. The van der Waals surface area contributed by atoms with E-state index in [-0.39, 0.29) is 6.54 Å². The van der Waals surface area contributed by atoms with Gasteiger partial charge in [0.05, 0.1) is 6.54 Å². The van der Waals surface area contributed by atoms with Crippen LogP contribution in [-0.2, 0) is 9.59 Å². The molecule has 0 aromatic heterocycles. The van der Waals surface area contributed by atoms with Gasteiger partial charge < -0.3 is 15.5 Å². The average molecular weight is 263 g/mol. The number of carbonyl (C=O) groups excluding carboxylic acids is 1. The van der Waals surface area contributed by atoms with Gasteiger partial charge in [-0.05, 0) is 25.5 Å². The minimum absolute atomic E-state index is 0.348. The summed E-state index contributed by atoms with van der Waals surface area (Å²) in [4.78, 5) is 22.1. The Balaban J connectivity index is 2.54. The molecule has 102 valence electrons. The maximum Gasteiger partial charge on any atom is 0.337 e. The average Bonchev–Trinajstić information content (AvgIpc) is 2.34. The van der Waals surface area contributed by atoms with Gasteiger partial charge in [0.2, 0.25) is 5.91 Å². The van der Waals surface area contributed by atoms with Gasteiger partial charge in [-0.2, -0.15) is 0 Å². The molecule has 1 unspecified atom stereocenters. The lowest BCUT2D eigenvalue weighted by molar-refractivity contribution is -0.156. The van der Waals surface area contributed by atoms with Gasteiger partial charge in [0.1, 0.15) is 0 Å². The summed E-state index contributed by atoms with van der Waals surface area (Å²) in [7, 11) is 0. The number of amides is 1. The molecule has 0 spiro atoms. The van der Waals surface area contributed by atoms with Gasteiger partial charge in [-0.25, -0.2) is 4.79 Å². The van der Waals surface area contributed by atoms with Gasteiger partial charge in [0.15, 0.2) is 5.60 Å². The summed E-state index contributed by atoms with van der Waals surface area (Å²) in [5.41, 5.74) is -0.0103. The second-order valence-electron chi connectivity index (χ2n) is 4.54. The van der Waals surface area contributed by atoms with E-state index in [2.05, 4.69) is 5.32 Å². The predicted molar refractivity (Wildman–Crippen MR) is 71.5 cm³/mol. The van der Waals surface area contributed by atoms with Crippen molar-refractivity contribution in [2.24, 2.45) is 0 Å². The van der Waals surface area contributed by atoms with Crippen molar-refractivity contribution in [1.82, 2.24) is 5.32 Å². The highest BCUT2D eigenvalue weighted by molar-refractivity contribution is 5.92.